The molecule has 0 unspecified atom stereocenters. The van der Waals surface area contributed by atoms with Crippen LogP contribution in [0, 0.1) is 11.3 Å². The molecular formula is C15H15ClN4O2. The maximum Gasteiger partial charge on any atom is 0.332 e. The summed E-state index contributed by atoms with van der Waals surface area (Å²) in [5.74, 6) is 0.207. The van der Waals surface area contributed by atoms with Gasteiger partial charge in [0, 0.05) is 25.2 Å². The first-order valence-electron chi connectivity index (χ1n) is 6.59. The Labute approximate surface area is 132 Å². The summed E-state index contributed by atoms with van der Waals surface area (Å²) in [5, 5.41) is 12.9. The number of nitrogens with zero attached hydrogens (tertiary/aromatic N) is 3. The van der Waals surface area contributed by atoms with Crippen molar-refractivity contribution in [3.05, 3.63) is 61.3 Å². The van der Waals surface area contributed by atoms with Crippen LogP contribution < -0.4 is 16.6 Å². The molecule has 0 radical (unpaired) electrons. The fourth-order valence-corrected chi connectivity index (χ4v) is 2.28. The van der Waals surface area contributed by atoms with Gasteiger partial charge in [-0.05, 0) is 24.6 Å². The summed E-state index contributed by atoms with van der Waals surface area (Å²) in [4.78, 5) is 24.0. The molecule has 1 N–H and O–H groups in total. The van der Waals surface area contributed by atoms with Gasteiger partial charge < -0.3 is 5.32 Å². The third-order valence-electron chi connectivity index (χ3n) is 3.50. The minimum Gasteiger partial charge on any atom is -0.364 e. The molecule has 0 amide bonds. The van der Waals surface area contributed by atoms with Crippen molar-refractivity contribution >= 4 is 17.4 Å². The second-order valence-electron chi connectivity index (χ2n) is 4.96. The van der Waals surface area contributed by atoms with Crippen LogP contribution in [0.1, 0.15) is 24.1 Å². The highest BCUT2D eigenvalue weighted by molar-refractivity contribution is 6.30. The van der Waals surface area contributed by atoms with E-state index in [0.29, 0.717) is 5.02 Å². The maximum atomic E-state index is 12.0. The standard InChI is InChI=1S/C15H15ClN4O2/c1-9(10-4-6-11(16)7-5-10)18-13-12(8-17)14(21)20(3)15(22)19(13)2/h4-7,9,18H,1-3H3/t9-/m0/s1. The van der Waals surface area contributed by atoms with Crippen LogP contribution in [-0.4, -0.2) is 9.13 Å². The molecule has 0 saturated heterocycles. The molecule has 6 nitrogen and oxygen atoms in total. The van der Waals surface area contributed by atoms with Gasteiger partial charge in [0.15, 0.2) is 5.56 Å². The number of nitrogens with one attached hydrogen (secondary N) is 1. The van der Waals surface area contributed by atoms with Gasteiger partial charge in [0.25, 0.3) is 5.56 Å². The summed E-state index contributed by atoms with van der Waals surface area (Å²) in [6.07, 6.45) is 0. The first-order valence-corrected chi connectivity index (χ1v) is 6.96. The van der Waals surface area contributed by atoms with Crippen LogP contribution >= 0.6 is 11.6 Å². The Balaban J connectivity index is 2.50. The van der Waals surface area contributed by atoms with Crippen LogP contribution in [0.5, 0.6) is 0 Å². The van der Waals surface area contributed by atoms with E-state index in [4.69, 9.17) is 11.6 Å². The van der Waals surface area contributed by atoms with Crippen LogP contribution in [0.4, 0.5) is 5.82 Å². The van der Waals surface area contributed by atoms with Crippen LogP contribution in [0.15, 0.2) is 33.9 Å². The summed E-state index contributed by atoms with van der Waals surface area (Å²) >= 11 is 5.86. The average Bonchev–Trinajstić information content (AvgIpc) is 2.51. The number of nitriles is 1. The summed E-state index contributed by atoms with van der Waals surface area (Å²) < 4.78 is 2.17. The Morgan fingerprint density at radius 1 is 1.18 bits per heavy atom. The van der Waals surface area contributed by atoms with E-state index >= 15 is 0 Å². The van der Waals surface area contributed by atoms with E-state index in [-0.39, 0.29) is 17.4 Å². The van der Waals surface area contributed by atoms with Crippen LogP contribution in [0.2, 0.25) is 5.02 Å². The second kappa shape index (κ2) is 6.08. The predicted octanol–water partition coefficient (Wildman–Crippen LogP) is 1.78. The lowest BCUT2D eigenvalue weighted by atomic mass is 10.1. The van der Waals surface area contributed by atoms with Crippen molar-refractivity contribution in [3.63, 3.8) is 0 Å². The molecule has 0 aliphatic carbocycles. The number of hydrogen-bond donors (Lipinski definition) is 1. The van der Waals surface area contributed by atoms with E-state index in [9.17, 15) is 14.9 Å². The lowest BCUT2D eigenvalue weighted by Gasteiger charge is -2.19. The van der Waals surface area contributed by atoms with Gasteiger partial charge in [-0.15, -0.1) is 0 Å². The highest BCUT2D eigenvalue weighted by atomic mass is 35.5. The van der Waals surface area contributed by atoms with Gasteiger partial charge in [-0.3, -0.25) is 13.9 Å². The lowest BCUT2D eigenvalue weighted by molar-refractivity contribution is 0.678. The van der Waals surface area contributed by atoms with Crippen molar-refractivity contribution in [3.8, 4) is 6.07 Å². The number of benzene rings is 1. The fraction of sp³-hybridized carbons (Fsp3) is 0.267. The second-order valence-corrected chi connectivity index (χ2v) is 5.40. The average molecular weight is 319 g/mol. The summed E-state index contributed by atoms with van der Waals surface area (Å²) in [6.45, 7) is 1.87. The molecular weight excluding hydrogens is 304 g/mol. The van der Waals surface area contributed by atoms with Crippen molar-refractivity contribution in [2.24, 2.45) is 14.1 Å². The van der Waals surface area contributed by atoms with Crippen LogP contribution in [-0.2, 0) is 14.1 Å². The minimum atomic E-state index is -0.614. The summed E-state index contributed by atoms with van der Waals surface area (Å²) in [7, 11) is 2.86. The molecule has 0 saturated carbocycles. The van der Waals surface area contributed by atoms with Gasteiger partial charge in [0.05, 0.1) is 0 Å². The molecule has 2 rings (SSSR count). The Kier molecular flexibility index (Phi) is 4.38. The molecule has 114 valence electrons. The van der Waals surface area contributed by atoms with E-state index in [1.165, 1.54) is 18.7 Å². The molecule has 1 atom stereocenters. The van der Waals surface area contributed by atoms with E-state index in [1.54, 1.807) is 12.1 Å². The van der Waals surface area contributed by atoms with E-state index in [2.05, 4.69) is 5.32 Å². The number of rotatable bonds is 3. The molecule has 1 aromatic carbocycles. The largest absolute Gasteiger partial charge is 0.364 e. The SMILES string of the molecule is C[C@H](Nc1c(C#N)c(=O)n(C)c(=O)n1C)c1ccc(Cl)cc1. The Morgan fingerprint density at radius 3 is 2.32 bits per heavy atom. The van der Waals surface area contributed by atoms with Crippen molar-refractivity contribution in [1.29, 1.82) is 5.26 Å². The van der Waals surface area contributed by atoms with Crippen LogP contribution in [0.25, 0.3) is 0 Å². The fourth-order valence-electron chi connectivity index (χ4n) is 2.15. The Hall–Kier alpha value is -2.52. The minimum absolute atomic E-state index is 0.0922. The molecule has 7 heteroatoms. The highest BCUT2D eigenvalue weighted by Gasteiger charge is 2.17. The number of aromatic nitrogens is 2. The van der Waals surface area contributed by atoms with Gasteiger partial charge in [0.2, 0.25) is 0 Å². The molecule has 1 aromatic heterocycles. The third-order valence-corrected chi connectivity index (χ3v) is 3.75. The third kappa shape index (κ3) is 2.76. The van der Waals surface area contributed by atoms with E-state index in [1.807, 2.05) is 25.1 Å². The monoisotopic (exact) mass is 318 g/mol. The Bertz CT molecular complexity index is 859. The van der Waals surface area contributed by atoms with Gasteiger partial charge in [-0.1, -0.05) is 23.7 Å². The maximum absolute atomic E-state index is 12.0. The van der Waals surface area contributed by atoms with Gasteiger partial charge in [-0.2, -0.15) is 5.26 Å². The topological polar surface area (TPSA) is 79.8 Å². The Morgan fingerprint density at radius 2 is 1.77 bits per heavy atom. The summed E-state index contributed by atoms with van der Waals surface area (Å²) in [5.41, 5.74) is -0.280. The quantitative estimate of drug-likeness (QED) is 0.935. The zero-order valence-electron chi connectivity index (χ0n) is 12.4. The van der Waals surface area contributed by atoms with Crippen LogP contribution in [0.3, 0.4) is 0 Å². The van der Waals surface area contributed by atoms with Crippen molar-refractivity contribution < 1.29 is 0 Å². The first-order chi connectivity index (χ1) is 10.4. The summed E-state index contributed by atoms with van der Waals surface area (Å²) in [6, 6.07) is 8.84. The smallest absolute Gasteiger partial charge is 0.332 e. The molecule has 1 heterocycles. The molecule has 2 aromatic rings. The molecule has 22 heavy (non-hydrogen) atoms. The lowest BCUT2D eigenvalue weighted by Crippen LogP contribution is -2.40. The molecule has 0 fully saturated rings. The number of halogens is 1. The van der Waals surface area contributed by atoms with Gasteiger partial charge in [-0.25, -0.2) is 4.79 Å². The van der Waals surface area contributed by atoms with Crippen molar-refractivity contribution in [2.75, 3.05) is 5.32 Å². The van der Waals surface area contributed by atoms with Gasteiger partial charge in [0.1, 0.15) is 11.9 Å². The zero-order valence-corrected chi connectivity index (χ0v) is 13.2. The van der Waals surface area contributed by atoms with Crippen molar-refractivity contribution in [2.45, 2.75) is 13.0 Å². The van der Waals surface area contributed by atoms with E-state index < -0.39 is 11.2 Å². The highest BCUT2D eigenvalue weighted by Crippen LogP contribution is 2.21. The first kappa shape index (κ1) is 15.9. The zero-order chi connectivity index (χ0) is 16.4. The number of hydrogen-bond acceptors (Lipinski definition) is 4. The molecule has 0 bridgehead atoms. The normalized spacial score (nSPS) is 11.8. The number of anilines is 1. The molecule has 0 spiro atoms. The molecule has 0 aliphatic rings. The van der Waals surface area contributed by atoms with Crippen molar-refractivity contribution in [1.82, 2.24) is 9.13 Å². The van der Waals surface area contributed by atoms with E-state index in [0.717, 1.165) is 10.1 Å². The predicted molar refractivity (Wildman–Crippen MR) is 85.1 cm³/mol. The molecule has 0 aliphatic heterocycles. The van der Waals surface area contributed by atoms with Gasteiger partial charge >= 0.3 is 5.69 Å².